The number of hydrogen-bond donors (Lipinski definition) is 2. The number of nitrogens with zero attached hydrogens (tertiary/aromatic N) is 2. The van der Waals surface area contributed by atoms with Crippen molar-refractivity contribution in [3.05, 3.63) is 82.0 Å². The van der Waals surface area contributed by atoms with Crippen LogP contribution in [-0.4, -0.2) is 26.4 Å². The molecule has 0 aliphatic carbocycles. The number of aryl methyl sites for hydroxylation is 1. The zero-order chi connectivity index (χ0) is 26.8. The van der Waals surface area contributed by atoms with Crippen molar-refractivity contribution in [1.82, 2.24) is 4.98 Å². The van der Waals surface area contributed by atoms with Crippen LogP contribution >= 0.6 is 11.6 Å². The summed E-state index contributed by atoms with van der Waals surface area (Å²) in [4.78, 5) is 15.8. The molecule has 6 nitrogen and oxygen atoms in total. The number of anilines is 1. The molecule has 2 aromatic carbocycles. The minimum absolute atomic E-state index is 0.00122. The van der Waals surface area contributed by atoms with Crippen LogP contribution in [0.3, 0.4) is 0 Å². The van der Waals surface area contributed by atoms with E-state index < -0.39 is 46.2 Å². The van der Waals surface area contributed by atoms with Crippen molar-refractivity contribution in [2.75, 3.05) is 11.4 Å². The number of aromatic nitrogens is 1. The summed E-state index contributed by atoms with van der Waals surface area (Å²) in [5.74, 6) is -3.54. The second-order valence-corrected chi connectivity index (χ2v) is 9.28. The van der Waals surface area contributed by atoms with E-state index in [4.69, 9.17) is 17.3 Å². The Kier molecular flexibility index (Phi) is 8.19. The quantitative estimate of drug-likeness (QED) is 0.311. The van der Waals surface area contributed by atoms with E-state index in [1.807, 2.05) is 0 Å². The monoisotopic (exact) mass is 547 g/mol. The molecule has 1 unspecified atom stereocenters. The fourth-order valence-corrected chi connectivity index (χ4v) is 4.12. The molecule has 0 fully saturated rings. The van der Waals surface area contributed by atoms with Crippen LogP contribution in [0.4, 0.5) is 27.6 Å². The number of halogens is 6. The molecule has 0 spiro atoms. The lowest BCUT2D eigenvalue weighted by atomic mass is 9.90. The summed E-state index contributed by atoms with van der Waals surface area (Å²) in [7, 11) is -1.94. The summed E-state index contributed by atoms with van der Waals surface area (Å²) in [5, 5.41) is -0.312. The maximum Gasteiger partial charge on any atom is 0.433 e. The number of carbonyl (C=O) groups excluding carboxylic acids is 1. The molecule has 0 aliphatic rings. The molecule has 0 aliphatic heterocycles. The van der Waals surface area contributed by atoms with Gasteiger partial charge in [-0.2, -0.15) is 13.2 Å². The van der Waals surface area contributed by atoms with Crippen molar-refractivity contribution in [2.45, 2.75) is 24.9 Å². The molecule has 0 saturated heterocycles. The number of amides is 1. The van der Waals surface area contributed by atoms with Crippen LogP contribution < -0.4 is 10.0 Å². The first-order valence-electron chi connectivity index (χ1n) is 10.3. The second kappa shape index (κ2) is 10.8. The van der Waals surface area contributed by atoms with Gasteiger partial charge < -0.3 is 5.73 Å². The minimum atomic E-state index is -4.74. The molecule has 3 aromatic rings. The molecular formula is C23H19ClF5N3O3S. The zero-order valence-electron chi connectivity index (χ0n) is 18.5. The lowest BCUT2D eigenvalue weighted by molar-refractivity contribution is -0.141. The van der Waals surface area contributed by atoms with E-state index in [0.29, 0.717) is 4.31 Å². The Morgan fingerprint density at radius 1 is 1.08 bits per heavy atom. The van der Waals surface area contributed by atoms with E-state index in [-0.39, 0.29) is 45.9 Å². The summed E-state index contributed by atoms with van der Waals surface area (Å²) < 4.78 is 91.0. The summed E-state index contributed by atoms with van der Waals surface area (Å²) >= 11 is 5.80. The molecule has 2 N–H and O–H groups in total. The Labute approximate surface area is 209 Å². The number of benzene rings is 2. The predicted molar refractivity (Wildman–Crippen MR) is 125 cm³/mol. The molecule has 192 valence electrons. The molecule has 13 heteroatoms. The third-order valence-corrected chi connectivity index (χ3v) is 6.47. The Morgan fingerprint density at radius 2 is 1.78 bits per heavy atom. The van der Waals surface area contributed by atoms with Crippen molar-refractivity contribution < 1.29 is 35.2 Å². The van der Waals surface area contributed by atoms with Gasteiger partial charge in [0.05, 0.1) is 22.3 Å². The average Bonchev–Trinajstić information content (AvgIpc) is 2.80. The number of hydrogen-bond acceptors (Lipinski definition) is 4. The first-order chi connectivity index (χ1) is 16.8. The molecule has 3 rings (SSSR count). The van der Waals surface area contributed by atoms with E-state index in [2.05, 4.69) is 4.98 Å². The van der Waals surface area contributed by atoms with Gasteiger partial charge in [-0.05, 0) is 60.4 Å². The van der Waals surface area contributed by atoms with Crippen molar-refractivity contribution in [3.63, 3.8) is 0 Å². The van der Waals surface area contributed by atoms with Crippen molar-refractivity contribution >= 4 is 34.1 Å². The lowest BCUT2D eigenvalue weighted by Crippen LogP contribution is -2.23. The van der Waals surface area contributed by atoms with Gasteiger partial charge in [0.15, 0.2) is 0 Å². The van der Waals surface area contributed by atoms with Gasteiger partial charge >= 0.3 is 6.18 Å². The zero-order valence-corrected chi connectivity index (χ0v) is 20.2. The topological polar surface area (TPSA) is 93.4 Å². The fraction of sp³-hybridized carbons (Fsp3) is 0.217. The Bertz CT molecular complexity index is 1370. The van der Waals surface area contributed by atoms with E-state index in [9.17, 15) is 35.2 Å². The molecule has 1 aromatic heterocycles. The smallest absolute Gasteiger partial charge is 0.369 e. The van der Waals surface area contributed by atoms with Gasteiger partial charge in [-0.15, -0.1) is 0 Å². The molecule has 36 heavy (non-hydrogen) atoms. The first-order valence-corrected chi connectivity index (χ1v) is 11.8. The maximum absolute atomic E-state index is 14.5. The highest BCUT2D eigenvalue weighted by molar-refractivity contribution is 7.74. The third-order valence-electron chi connectivity index (χ3n) is 5.48. The maximum atomic E-state index is 14.5. The average molecular weight is 548 g/mol. The number of pyridine rings is 1. The molecular weight excluding hydrogens is 529 g/mol. The Morgan fingerprint density at radius 3 is 2.33 bits per heavy atom. The van der Waals surface area contributed by atoms with Crippen LogP contribution in [0.15, 0.2) is 48.5 Å². The summed E-state index contributed by atoms with van der Waals surface area (Å²) in [6.07, 6.45) is -4.78. The van der Waals surface area contributed by atoms with Gasteiger partial charge in [-0.1, -0.05) is 23.7 Å². The highest BCUT2D eigenvalue weighted by atomic mass is 35.5. The van der Waals surface area contributed by atoms with Gasteiger partial charge in [0.25, 0.3) is 0 Å². The van der Waals surface area contributed by atoms with E-state index in [0.717, 1.165) is 31.3 Å². The van der Waals surface area contributed by atoms with Gasteiger partial charge in [-0.25, -0.2) is 22.2 Å². The largest absolute Gasteiger partial charge is 0.433 e. The predicted octanol–water partition coefficient (Wildman–Crippen LogP) is 4.86. The van der Waals surface area contributed by atoms with Gasteiger partial charge in [0.1, 0.15) is 17.3 Å². The minimum Gasteiger partial charge on any atom is -0.369 e. The highest BCUT2D eigenvalue weighted by Crippen LogP contribution is 2.34. The van der Waals surface area contributed by atoms with Crippen molar-refractivity contribution in [1.29, 1.82) is 0 Å². The van der Waals surface area contributed by atoms with Crippen molar-refractivity contribution in [3.8, 4) is 11.3 Å². The Hall–Kier alpha value is -3.25. The Balaban J connectivity index is 1.97. The summed E-state index contributed by atoms with van der Waals surface area (Å²) in [6.45, 7) is 0. The first kappa shape index (κ1) is 27.3. The number of thiol groups is 1. The van der Waals surface area contributed by atoms with E-state index in [1.54, 1.807) is 0 Å². The standard InChI is InChI=1S/C23H19ClF5N3O3S/c1-32(36(34)35)19-8-4-13(11-18(19)26)15(22(30)33)6-2-12-5-9-20(23(27,28)29)31-21(12)14-3-7-17(25)16(24)10-14/h3-5,7-11,15,36H,2,6H2,1H3,(H2,30,33). The fourth-order valence-electron chi connectivity index (χ4n) is 3.60. The van der Waals surface area contributed by atoms with Gasteiger partial charge in [-0.3, -0.25) is 9.10 Å². The molecule has 1 atom stereocenters. The highest BCUT2D eigenvalue weighted by Gasteiger charge is 2.33. The van der Waals surface area contributed by atoms with Crippen LogP contribution in [0.5, 0.6) is 0 Å². The van der Waals surface area contributed by atoms with Crippen LogP contribution in [0.1, 0.15) is 29.2 Å². The number of primary amides is 1. The third kappa shape index (κ3) is 6.11. The SMILES string of the molecule is CN(c1ccc(C(CCc2ccc(C(F)(F)F)nc2-c2ccc(F)c(Cl)c2)C(N)=O)cc1F)[SH](=O)=O. The lowest BCUT2D eigenvalue weighted by Gasteiger charge is -2.18. The number of nitrogens with two attached hydrogens (primary N) is 1. The van der Waals surface area contributed by atoms with Crippen molar-refractivity contribution in [2.24, 2.45) is 5.73 Å². The van der Waals surface area contributed by atoms with Gasteiger partial charge in [0, 0.05) is 12.6 Å². The molecule has 1 amide bonds. The number of rotatable bonds is 8. The number of alkyl halides is 3. The molecule has 0 saturated carbocycles. The van der Waals surface area contributed by atoms with Crippen LogP contribution in [0, 0.1) is 11.6 Å². The normalized spacial score (nSPS) is 12.6. The van der Waals surface area contributed by atoms with Gasteiger partial charge in [0.2, 0.25) is 16.8 Å². The molecule has 0 bridgehead atoms. The second-order valence-electron chi connectivity index (χ2n) is 7.80. The van der Waals surface area contributed by atoms with E-state index in [1.165, 1.54) is 24.3 Å². The van der Waals surface area contributed by atoms with Crippen LogP contribution in [0.2, 0.25) is 5.02 Å². The number of carbonyl (C=O) groups is 1. The summed E-state index contributed by atoms with van der Waals surface area (Å²) in [5.41, 5.74) is 4.55. The van der Waals surface area contributed by atoms with E-state index >= 15 is 0 Å². The van der Waals surface area contributed by atoms with Crippen LogP contribution in [0.25, 0.3) is 11.3 Å². The summed E-state index contributed by atoms with van der Waals surface area (Å²) in [6, 6.07) is 8.82. The van der Waals surface area contributed by atoms with Crippen LogP contribution in [-0.2, 0) is 28.3 Å². The molecule has 1 heterocycles. The molecule has 0 radical (unpaired) electrons.